The molecule has 1 saturated carbocycles. The van der Waals surface area contributed by atoms with E-state index in [2.05, 4.69) is 53.6 Å². The van der Waals surface area contributed by atoms with E-state index in [1.807, 2.05) is 4.57 Å². The smallest absolute Gasteiger partial charge is 0.361 e. The number of imidazole rings is 1. The maximum absolute atomic E-state index is 14.8. The number of likely N-dealkylation sites (tertiary alicyclic amines) is 1. The second kappa shape index (κ2) is 14.4. The van der Waals surface area contributed by atoms with Crippen molar-refractivity contribution < 1.29 is 17.9 Å². The highest BCUT2D eigenvalue weighted by Gasteiger charge is 2.35. The van der Waals surface area contributed by atoms with Crippen molar-refractivity contribution in [1.29, 1.82) is 5.26 Å². The summed E-state index contributed by atoms with van der Waals surface area (Å²) in [5.74, 6) is 1.12. The van der Waals surface area contributed by atoms with Gasteiger partial charge in [-0.25, -0.2) is 9.97 Å². The first-order valence-electron chi connectivity index (χ1n) is 18.4. The maximum Gasteiger partial charge on any atom is 0.433 e. The van der Waals surface area contributed by atoms with Gasteiger partial charge in [0.05, 0.1) is 11.6 Å². The van der Waals surface area contributed by atoms with Crippen LogP contribution in [0, 0.1) is 17.2 Å². The molecule has 4 aromatic heterocycles. The summed E-state index contributed by atoms with van der Waals surface area (Å²) >= 11 is 0. The van der Waals surface area contributed by atoms with E-state index in [1.165, 1.54) is 17.1 Å². The van der Waals surface area contributed by atoms with Crippen LogP contribution in [0.3, 0.4) is 0 Å². The zero-order valence-electron chi connectivity index (χ0n) is 31.0. The van der Waals surface area contributed by atoms with Gasteiger partial charge in [-0.3, -0.25) is 14.3 Å². The van der Waals surface area contributed by atoms with E-state index in [1.54, 1.807) is 48.4 Å². The lowest BCUT2D eigenvalue weighted by atomic mass is 9.96. The summed E-state index contributed by atoms with van der Waals surface area (Å²) in [5, 5.41) is 10.5. The number of halogens is 3. The number of nitrogens with zero attached hydrogens (tertiary/aromatic N) is 7. The highest BCUT2D eigenvalue weighted by Crippen LogP contribution is 2.44. The van der Waals surface area contributed by atoms with E-state index < -0.39 is 25.5 Å². The second-order valence-corrected chi connectivity index (χ2v) is 21.6. The van der Waals surface area contributed by atoms with Gasteiger partial charge in [-0.15, -0.1) is 0 Å². The summed E-state index contributed by atoms with van der Waals surface area (Å²) in [7, 11) is 0.397. The number of fused-ring (bicyclic) bond motifs is 1. The third kappa shape index (κ3) is 7.90. The van der Waals surface area contributed by atoms with E-state index in [4.69, 9.17) is 4.74 Å². The van der Waals surface area contributed by atoms with Crippen molar-refractivity contribution in [2.24, 2.45) is 13.0 Å². The van der Waals surface area contributed by atoms with Gasteiger partial charge in [-0.1, -0.05) is 32.6 Å². The van der Waals surface area contributed by atoms with Gasteiger partial charge in [0.2, 0.25) is 0 Å². The zero-order chi connectivity index (χ0) is 37.7. The van der Waals surface area contributed by atoms with Crippen LogP contribution in [-0.2, 0) is 31.2 Å². The van der Waals surface area contributed by atoms with Gasteiger partial charge in [0.15, 0.2) is 0 Å². The summed E-state index contributed by atoms with van der Waals surface area (Å²) in [6, 6.07) is 12.5. The molecule has 2 fully saturated rings. The maximum atomic E-state index is 14.8. The van der Waals surface area contributed by atoms with Crippen LogP contribution in [0.2, 0.25) is 25.7 Å². The fraction of sp³-hybridized carbons (Fsp3) is 0.450. The molecule has 2 aliphatic rings. The highest BCUT2D eigenvalue weighted by atomic mass is 28.3. The number of hydrogen-bond acceptors (Lipinski definition) is 6. The number of benzene rings is 1. The number of aromatic nitrogens is 5. The van der Waals surface area contributed by atoms with Crippen molar-refractivity contribution in [3.63, 3.8) is 0 Å². The molecule has 53 heavy (non-hydrogen) atoms. The molecule has 0 unspecified atom stereocenters. The van der Waals surface area contributed by atoms with Crippen LogP contribution in [0.25, 0.3) is 39.2 Å². The first kappa shape index (κ1) is 36.8. The standard InChI is InChI=1S/C40H46F3N7O2Si/c1-26-7-6-13-48(22-26)23-30-20-32-34(28-9-10-28)24-49(39(51)37(32)50(30)25-52-15-16-53(3,4)5)36-19-29(18-35(46-36)40(41,42)43)31-11-8-27(21-44)17-33(31)38-45-12-14-47(38)2/h8,11-12,14,17-20,24,26,28H,6-7,9-10,13,15-16,22-23,25H2,1-5H3/t26-/m0/s1. The van der Waals surface area contributed by atoms with E-state index in [0.29, 0.717) is 47.1 Å². The Hall–Kier alpha value is -4.51. The molecule has 13 heteroatoms. The summed E-state index contributed by atoms with van der Waals surface area (Å²) in [6.45, 7) is 12.5. The van der Waals surface area contributed by atoms with Gasteiger partial charge in [0.1, 0.15) is 29.6 Å². The number of ether oxygens (including phenoxy) is 1. The minimum atomic E-state index is -4.79. The van der Waals surface area contributed by atoms with Crippen LogP contribution < -0.4 is 5.56 Å². The van der Waals surface area contributed by atoms with Gasteiger partial charge >= 0.3 is 6.18 Å². The molecule has 1 saturated heterocycles. The van der Waals surface area contributed by atoms with Crippen molar-refractivity contribution in [2.45, 2.75) is 83.7 Å². The Kier molecular flexibility index (Phi) is 9.99. The molecular weight excluding hydrogens is 696 g/mol. The Bertz CT molecular complexity index is 2260. The van der Waals surface area contributed by atoms with Gasteiger partial charge in [-0.2, -0.15) is 18.4 Å². The molecule has 1 atom stereocenters. The van der Waals surface area contributed by atoms with Gasteiger partial charge in [-0.05, 0) is 97.1 Å². The number of piperidine rings is 1. The van der Waals surface area contributed by atoms with Crippen molar-refractivity contribution in [3.8, 4) is 34.4 Å². The van der Waals surface area contributed by atoms with Crippen molar-refractivity contribution >= 4 is 19.0 Å². The Balaban J connectivity index is 1.42. The molecule has 0 N–H and O–H groups in total. The van der Waals surface area contributed by atoms with Gasteiger partial charge < -0.3 is 13.9 Å². The quantitative estimate of drug-likeness (QED) is 0.0995. The zero-order valence-corrected chi connectivity index (χ0v) is 32.0. The molecule has 278 valence electrons. The third-order valence-electron chi connectivity index (χ3n) is 10.4. The van der Waals surface area contributed by atoms with Gasteiger partial charge in [0.25, 0.3) is 5.56 Å². The molecule has 7 rings (SSSR count). The molecule has 0 amide bonds. The number of alkyl halides is 3. The molecular formula is C40H46F3N7O2Si. The molecule has 0 radical (unpaired) electrons. The lowest BCUT2D eigenvalue weighted by Gasteiger charge is -2.31. The topological polar surface area (TPSA) is 93.9 Å². The second-order valence-electron chi connectivity index (χ2n) is 16.0. The summed E-state index contributed by atoms with van der Waals surface area (Å²) < 4.78 is 55.2. The number of pyridine rings is 2. The fourth-order valence-electron chi connectivity index (χ4n) is 7.41. The van der Waals surface area contributed by atoms with Crippen molar-refractivity contribution in [1.82, 2.24) is 28.6 Å². The fourth-order valence-corrected chi connectivity index (χ4v) is 8.17. The molecule has 1 aliphatic heterocycles. The van der Waals surface area contributed by atoms with Crippen LogP contribution >= 0.6 is 0 Å². The Morgan fingerprint density at radius 2 is 1.87 bits per heavy atom. The monoisotopic (exact) mass is 741 g/mol. The Morgan fingerprint density at radius 3 is 2.53 bits per heavy atom. The lowest BCUT2D eigenvalue weighted by Crippen LogP contribution is -2.34. The molecule has 0 bridgehead atoms. The first-order chi connectivity index (χ1) is 25.2. The normalized spacial score (nSPS) is 17.1. The number of rotatable bonds is 11. The largest absolute Gasteiger partial charge is 0.433 e. The van der Waals surface area contributed by atoms with Crippen LogP contribution in [0.4, 0.5) is 13.2 Å². The highest BCUT2D eigenvalue weighted by molar-refractivity contribution is 6.76. The van der Waals surface area contributed by atoms with Gasteiger partial charge in [0, 0.05) is 70.1 Å². The molecule has 5 aromatic rings. The number of nitriles is 1. The molecule has 1 aromatic carbocycles. The Labute approximate surface area is 308 Å². The predicted molar refractivity (Wildman–Crippen MR) is 202 cm³/mol. The van der Waals surface area contributed by atoms with E-state index >= 15 is 0 Å². The lowest BCUT2D eigenvalue weighted by molar-refractivity contribution is -0.141. The number of aryl methyl sites for hydroxylation is 1. The summed E-state index contributed by atoms with van der Waals surface area (Å²) in [6.07, 6.45) is 4.40. The molecule has 9 nitrogen and oxygen atoms in total. The van der Waals surface area contributed by atoms with Crippen LogP contribution in [-0.4, -0.2) is 56.3 Å². The predicted octanol–water partition coefficient (Wildman–Crippen LogP) is 8.57. The SMILES string of the molecule is C[C@H]1CCCN(Cc2cc3c(C4CC4)cn(-c4cc(-c5ccc(C#N)cc5-c5nccn5C)cc(C(F)(F)F)n4)c(=O)c3n2COCC[Si](C)(C)C)C1. The molecule has 5 heterocycles. The van der Waals surface area contributed by atoms with Crippen LogP contribution in [0.15, 0.2) is 59.8 Å². The summed E-state index contributed by atoms with van der Waals surface area (Å²) in [5.41, 5.74) is 2.23. The Morgan fingerprint density at radius 1 is 1.08 bits per heavy atom. The number of hydrogen-bond donors (Lipinski definition) is 0. The minimum Gasteiger partial charge on any atom is -0.361 e. The molecule has 0 spiro atoms. The van der Waals surface area contributed by atoms with E-state index in [-0.39, 0.29) is 24.0 Å². The van der Waals surface area contributed by atoms with Crippen molar-refractivity contribution in [3.05, 3.63) is 87.9 Å². The van der Waals surface area contributed by atoms with Crippen LogP contribution in [0.5, 0.6) is 0 Å². The van der Waals surface area contributed by atoms with E-state index in [9.17, 15) is 23.2 Å². The van der Waals surface area contributed by atoms with Crippen LogP contribution in [0.1, 0.15) is 61.0 Å². The third-order valence-corrected chi connectivity index (χ3v) is 12.1. The van der Waals surface area contributed by atoms with Crippen molar-refractivity contribution in [2.75, 3.05) is 19.7 Å². The minimum absolute atomic E-state index is 0.127. The average molecular weight is 742 g/mol. The first-order valence-corrected chi connectivity index (χ1v) is 22.1. The summed E-state index contributed by atoms with van der Waals surface area (Å²) in [4.78, 5) is 25.7. The average Bonchev–Trinajstić information content (AvgIpc) is 3.76. The van der Waals surface area contributed by atoms with E-state index in [0.717, 1.165) is 61.1 Å². The molecule has 1 aliphatic carbocycles.